The second-order valence-corrected chi connectivity index (χ2v) is 11.6. The summed E-state index contributed by atoms with van der Waals surface area (Å²) >= 11 is 0. The van der Waals surface area contributed by atoms with E-state index in [9.17, 15) is 13.2 Å². The maximum absolute atomic E-state index is 12.7. The van der Waals surface area contributed by atoms with Crippen molar-refractivity contribution >= 4 is 15.9 Å². The number of unbranched alkanes of at least 4 members (excludes halogenated alkanes) is 1. The van der Waals surface area contributed by atoms with Gasteiger partial charge in [0, 0.05) is 51.1 Å². The van der Waals surface area contributed by atoms with Crippen molar-refractivity contribution in [3.63, 3.8) is 0 Å². The highest BCUT2D eigenvalue weighted by atomic mass is 32.2. The quantitative estimate of drug-likeness (QED) is 0.596. The van der Waals surface area contributed by atoms with Gasteiger partial charge in [0.1, 0.15) is 11.4 Å². The number of nitrogens with zero attached hydrogens (tertiary/aromatic N) is 3. The van der Waals surface area contributed by atoms with Gasteiger partial charge in [-0.3, -0.25) is 4.79 Å². The molecule has 8 heteroatoms. The first kappa shape index (κ1) is 24.0. The van der Waals surface area contributed by atoms with Crippen LogP contribution in [0, 0.1) is 6.92 Å². The molecule has 0 bridgehead atoms. The van der Waals surface area contributed by atoms with Crippen LogP contribution in [0.2, 0.25) is 0 Å². The number of likely N-dealkylation sites (N-methyl/N-ethyl adjacent to an activating group) is 1. The van der Waals surface area contributed by atoms with Gasteiger partial charge in [-0.05, 0) is 46.7 Å². The molecule has 7 nitrogen and oxygen atoms in total. The van der Waals surface area contributed by atoms with Crippen LogP contribution in [-0.2, 0) is 14.8 Å². The fraction of sp³-hybridized carbons (Fsp3) is 0.696. The Hall–Kier alpha value is -1.64. The molecule has 0 aliphatic carbocycles. The van der Waals surface area contributed by atoms with E-state index < -0.39 is 15.6 Å². The lowest BCUT2D eigenvalue weighted by Crippen LogP contribution is -2.47. The summed E-state index contributed by atoms with van der Waals surface area (Å²) in [4.78, 5) is 16.6. The predicted octanol–water partition coefficient (Wildman–Crippen LogP) is 2.80. The van der Waals surface area contributed by atoms with Crippen LogP contribution < -0.4 is 4.74 Å². The lowest BCUT2D eigenvalue weighted by atomic mass is 9.89. The average molecular weight is 452 g/mol. The summed E-state index contributed by atoms with van der Waals surface area (Å²) in [5.41, 5.74) is 1.56. The molecule has 31 heavy (non-hydrogen) atoms. The number of amides is 1. The van der Waals surface area contributed by atoms with E-state index in [0.29, 0.717) is 32.2 Å². The topological polar surface area (TPSA) is 70.2 Å². The zero-order chi connectivity index (χ0) is 22.8. The number of hydrogen-bond donors (Lipinski definition) is 0. The van der Waals surface area contributed by atoms with Gasteiger partial charge < -0.3 is 14.5 Å². The zero-order valence-electron chi connectivity index (χ0n) is 19.6. The standard InChI is InChI=1S/C23H37N3O4S/c1-18-9-10-21-19(16-18)20(17-23(2,3)30-21)26(31(5,28)29)11-7-6-8-22(27)25-14-12-24(4)13-15-25/h9-10,16,20H,6-8,11-15,17H2,1-5H3. The Morgan fingerprint density at radius 2 is 1.87 bits per heavy atom. The third-order valence-electron chi connectivity index (χ3n) is 6.24. The van der Waals surface area contributed by atoms with Crippen LogP contribution in [0.15, 0.2) is 18.2 Å². The highest BCUT2D eigenvalue weighted by Gasteiger charge is 2.39. The van der Waals surface area contributed by atoms with E-state index in [1.807, 2.05) is 43.9 Å². The molecule has 1 unspecified atom stereocenters. The normalized spacial score (nSPS) is 21.6. The molecule has 0 aromatic heterocycles. The Morgan fingerprint density at radius 3 is 2.52 bits per heavy atom. The molecule has 0 spiro atoms. The van der Waals surface area contributed by atoms with Crippen LogP contribution in [0.25, 0.3) is 0 Å². The minimum Gasteiger partial charge on any atom is -0.487 e. The van der Waals surface area contributed by atoms with Crippen molar-refractivity contribution in [1.82, 2.24) is 14.1 Å². The minimum atomic E-state index is -3.42. The number of hydrogen-bond acceptors (Lipinski definition) is 5. The number of sulfonamides is 1. The Kier molecular flexibility index (Phi) is 7.33. The molecule has 1 atom stereocenters. The summed E-state index contributed by atoms with van der Waals surface area (Å²) in [6, 6.07) is 5.70. The van der Waals surface area contributed by atoms with Gasteiger partial charge >= 0.3 is 0 Å². The summed E-state index contributed by atoms with van der Waals surface area (Å²) < 4.78 is 33.2. The van der Waals surface area contributed by atoms with Gasteiger partial charge in [-0.1, -0.05) is 17.7 Å². The van der Waals surface area contributed by atoms with Crippen molar-refractivity contribution in [2.24, 2.45) is 0 Å². The smallest absolute Gasteiger partial charge is 0.222 e. The zero-order valence-corrected chi connectivity index (χ0v) is 20.4. The summed E-state index contributed by atoms with van der Waals surface area (Å²) in [5.74, 6) is 0.929. The second-order valence-electron chi connectivity index (χ2n) is 9.64. The number of rotatable bonds is 7. The van der Waals surface area contributed by atoms with Crippen molar-refractivity contribution < 1.29 is 17.9 Å². The number of piperazine rings is 1. The molecular formula is C23H37N3O4S. The van der Waals surface area contributed by atoms with Crippen molar-refractivity contribution in [2.75, 3.05) is 46.0 Å². The molecule has 1 fully saturated rings. The van der Waals surface area contributed by atoms with Gasteiger partial charge in [-0.15, -0.1) is 0 Å². The molecule has 0 radical (unpaired) electrons. The fourth-order valence-electron chi connectivity index (χ4n) is 4.50. The van der Waals surface area contributed by atoms with Gasteiger partial charge in [-0.2, -0.15) is 4.31 Å². The van der Waals surface area contributed by atoms with Crippen LogP contribution in [-0.4, -0.2) is 80.1 Å². The average Bonchev–Trinajstić information content (AvgIpc) is 2.67. The largest absolute Gasteiger partial charge is 0.487 e. The van der Waals surface area contributed by atoms with E-state index >= 15 is 0 Å². The van der Waals surface area contributed by atoms with Crippen LogP contribution >= 0.6 is 0 Å². The molecule has 3 rings (SSSR count). The molecule has 1 aromatic rings. The van der Waals surface area contributed by atoms with Gasteiger partial charge in [0.05, 0.1) is 12.3 Å². The highest BCUT2D eigenvalue weighted by molar-refractivity contribution is 7.88. The molecular weight excluding hydrogens is 414 g/mol. The van der Waals surface area contributed by atoms with Gasteiger partial charge in [0.25, 0.3) is 0 Å². The van der Waals surface area contributed by atoms with E-state index in [1.165, 1.54) is 6.26 Å². The Balaban J connectivity index is 1.66. The number of carbonyl (C=O) groups is 1. The number of ether oxygens (including phenoxy) is 1. The molecule has 174 valence electrons. The van der Waals surface area contributed by atoms with Crippen LogP contribution in [0.1, 0.15) is 56.7 Å². The summed E-state index contributed by atoms with van der Waals surface area (Å²) in [6.45, 7) is 9.78. The highest BCUT2D eigenvalue weighted by Crippen LogP contribution is 2.43. The molecule has 0 saturated carbocycles. The van der Waals surface area contributed by atoms with Crippen LogP contribution in [0.3, 0.4) is 0 Å². The Labute approximate surface area is 187 Å². The first-order chi connectivity index (χ1) is 14.5. The molecule has 1 saturated heterocycles. The van der Waals surface area contributed by atoms with Crippen LogP contribution in [0.4, 0.5) is 0 Å². The molecule has 0 N–H and O–H groups in total. The summed E-state index contributed by atoms with van der Waals surface area (Å²) in [7, 11) is -1.35. The lowest BCUT2D eigenvalue weighted by Gasteiger charge is -2.41. The fourth-order valence-corrected chi connectivity index (χ4v) is 5.61. The molecule has 2 aliphatic rings. The minimum absolute atomic E-state index is 0.173. The summed E-state index contributed by atoms with van der Waals surface area (Å²) in [6.07, 6.45) is 3.68. The first-order valence-electron chi connectivity index (χ1n) is 11.2. The predicted molar refractivity (Wildman–Crippen MR) is 123 cm³/mol. The van der Waals surface area contributed by atoms with E-state index in [-0.39, 0.29) is 11.9 Å². The maximum atomic E-state index is 12.7. The van der Waals surface area contributed by atoms with E-state index in [0.717, 1.165) is 43.1 Å². The summed E-state index contributed by atoms with van der Waals surface area (Å²) in [5, 5.41) is 0. The van der Waals surface area contributed by atoms with Crippen molar-refractivity contribution in [2.45, 2.75) is 58.1 Å². The van der Waals surface area contributed by atoms with Crippen molar-refractivity contribution in [3.8, 4) is 5.75 Å². The molecule has 1 aromatic carbocycles. The Morgan fingerprint density at radius 1 is 1.19 bits per heavy atom. The number of benzene rings is 1. The number of aryl methyl sites for hydroxylation is 1. The van der Waals surface area contributed by atoms with E-state index in [4.69, 9.17) is 4.74 Å². The molecule has 2 aliphatic heterocycles. The second kappa shape index (κ2) is 9.46. The van der Waals surface area contributed by atoms with Gasteiger partial charge in [0.2, 0.25) is 15.9 Å². The Bertz CT molecular complexity index is 892. The van der Waals surface area contributed by atoms with Gasteiger partial charge in [-0.25, -0.2) is 8.42 Å². The first-order valence-corrected chi connectivity index (χ1v) is 13.0. The number of fused-ring (bicyclic) bond motifs is 1. The van der Waals surface area contributed by atoms with Gasteiger partial charge in [0.15, 0.2) is 0 Å². The molecule has 2 heterocycles. The lowest BCUT2D eigenvalue weighted by molar-refractivity contribution is -0.132. The monoisotopic (exact) mass is 451 g/mol. The third-order valence-corrected chi connectivity index (χ3v) is 7.53. The molecule has 1 amide bonds. The third kappa shape index (κ3) is 6.20. The van der Waals surface area contributed by atoms with E-state index in [1.54, 1.807) is 4.31 Å². The van der Waals surface area contributed by atoms with Crippen LogP contribution in [0.5, 0.6) is 5.75 Å². The number of carbonyl (C=O) groups excluding carboxylic acids is 1. The van der Waals surface area contributed by atoms with E-state index in [2.05, 4.69) is 11.9 Å². The SMILES string of the molecule is Cc1ccc2c(c1)C(N(CCCCC(=O)N1CCN(C)CC1)S(C)(=O)=O)CC(C)(C)O2. The van der Waals surface area contributed by atoms with Crippen molar-refractivity contribution in [1.29, 1.82) is 0 Å². The maximum Gasteiger partial charge on any atom is 0.222 e. The van der Waals surface area contributed by atoms with Crippen molar-refractivity contribution in [3.05, 3.63) is 29.3 Å².